The van der Waals surface area contributed by atoms with Gasteiger partial charge in [0.05, 0.1) is 10.0 Å². The van der Waals surface area contributed by atoms with Gasteiger partial charge in [0.2, 0.25) is 0 Å². The first-order valence-electron chi connectivity index (χ1n) is 6.54. The van der Waals surface area contributed by atoms with Gasteiger partial charge in [0.15, 0.2) is 0 Å². The molecule has 1 fully saturated rings. The summed E-state index contributed by atoms with van der Waals surface area (Å²) in [7, 11) is 0. The van der Waals surface area contributed by atoms with E-state index in [4.69, 9.17) is 23.2 Å². The minimum atomic E-state index is 0.576. The average molecular weight is 287 g/mol. The fourth-order valence-corrected chi connectivity index (χ4v) is 2.98. The number of benzene rings is 1. The van der Waals surface area contributed by atoms with Gasteiger partial charge in [-0.1, -0.05) is 41.8 Å². The average Bonchev–Trinajstić information content (AvgIpc) is 2.33. The summed E-state index contributed by atoms with van der Waals surface area (Å²) in [5.74, 6) is 0. The summed E-state index contributed by atoms with van der Waals surface area (Å²) in [6.45, 7) is 5.26. The lowest BCUT2D eigenvalue weighted by Gasteiger charge is -2.39. The summed E-state index contributed by atoms with van der Waals surface area (Å²) >= 11 is 12.2. The van der Waals surface area contributed by atoms with Crippen molar-refractivity contribution in [3.05, 3.63) is 33.8 Å². The fraction of sp³-hybridized carbons (Fsp3) is 0.571. The van der Waals surface area contributed by atoms with E-state index in [9.17, 15) is 0 Å². The van der Waals surface area contributed by atoms with E-state index in [-0.39, 0.29) is 0 Å². The zero-order chi connectivity index (χ0) is 13.1. The zero-order valence-corrected chi connectivity index (χ0v) is 12.4. The molecule has 2 unspecified atom stereocenters. The van der Waals surface area contributed by atoms with Crippen LogP contribution < -0.4 is 5.43 Å². The predicted octanol–water partition coefficient (Wildman–Crippen LogP) is 4.26. The van der Waals surface area contributed by atoms with Crippen molar-refractivity contribution in [3.8, 4) is 0 Å². The molecular weight excluding hydrogens is 267 g/mol. The van der Waals surface area contributed by atoms with Crippen LogP contribution in [0.1, 0.15) is 38.7 Å². The van der Waals surface area contributed by atoms with E-state index < -0.39 is 0 Å². The summed E-state index contributed by atoms with van der Waals surface area (Å²) in [5, 5.41) is 3.63. The first-order chi connectivity index (χ1) is 8.59. The Morgan fingerprint density at radius 3 is 2.56 bits per heavy atom. The number of halogens is 2. The van der Waals surface area contributed by atoms with Crippen molar-refractivity contribution in [1.29, 1.82) is 0 Å². The summed E-state index contributed by atoms with van der Waals surface area (Å²) in [6, 6.07) is 6.92. The van der Waals surface area contributed by atoms with Gasteiger partial charge in [0.25, 0.3) is 0 Å². The molecule has 0 spiro atoms. The minimum Gasteiger partial charge on any atom is -0.250 e. The van der Waals surface area contributed by atoms with Gasteiger partial charge in [-0.15, -0.1) is 0 Å². The smallest absolute Gasteiger partial charge is 0.0637 e. The Labute approximate surface area is 119 Å². The Hall–Kier alpha value is -0.280. The molecule has 2 rings (SSSR count). The summed E-state index contributed by atoms with van der Waals surface area (Å²) < 4.78 is 0. The molecule has 1 N–H and O–H groups in total. The van der Waals surface area contributed by atoms with Crippen molar-refractivity contribution >= 4 is 23.2 Å². The van der Waals surface area contributed by atoms with Crippen molar-refractivity contribution < 1.29 is 0 Å². The van der Waals surface area contributed by atoms with E-state index >= 15 is 0 Å². The van der Waals surface area contributed by atoms with Crippen LogP contribution in [0.3, 0.4) is 0 Å². The summed E-state index contributed by atoms with van der Waals surface area (Å²) in [5.41, 5.74) is 4.55. The number of hydrazine groups is 1. The van der Waals surface area contributed by atoms with Gasteiger partial charge < -0.3 is 0 Å². The van der Waals surface area contributed by atoms with Crippen molar-refractivity contribution in [2.24, 2.45) is 0 Å². The largest absolute Gasteiger partial charge is 0.250 e. The molecule has 4 heteroatoms. The van der Waals surface area contributed by atoms with Crippen LogP contribution in [0.2, 0.25) is 10.0 Å². The van der Waals surface area contributed by atoms with Crippen LogP contribution in [0.15, 0.2) is 18.2 Å². The summed E-state index contributed by atoms with van der Waals surface area (Å²) in [6.07, 6.45) is 3.82. The highest BCUT2D eigenvalue weighted by molar-refractivity contribution is 6.42. The normalized spacial score (nSPS) is 25.3. The second-order valence-corrected chi connectivity index (χ2v) is 5.87. The number of nitrogens with one attached hydrogen (secondary N) is 1. The highest BCUT2D eigenvalue weighted by atomic mass is 35.5. The van der Waals surface area contributed by atoms with Gasteiger partial charge in [-0.2, -0.15) is 0 Å². The molecule has 2 nitrogen and oxygen atoms in total. The van der Waals surface area contributed by atoms with Crippen LogP contribution in [-0.2, 0) is 6.54 Å². The third kappa shape index (κ3) is 3.18. The fourth-order valence-electron chi connectivity index (χ4n) is 2.59. The van der Waals surface area contributed by atoms with Crippen molar-refractivity contribution in [2.45, 2.75) is 51.7 Å². The van der Waals surface area contributed by atoms with Gasteiger partial charge in [-0.05, 0) is 38.3 Å². The van der Waals surface area contributed by atoms with Gasteiger partial charge in [0, 0.05) is 18.6 Å². The third-order valence-electron chi connectivity index (χ3n) is 3.68. The molecule has 0 radical (unpaired) electrons. The second kappa shape index (κ2) is 6.25. The minimum absolute atomic E-state index is 0.576. The molecule has 1 heterocycles. The lowest BCUT2D eigenvalue weighted by Crippen LogP contribution is -2.51. The van der Waals surface area contributed by atoms with Crippen LogP contribution >= 0.6 is 23.2 Å². The molecule has 1 aliphatic heterocycles. The standard InChI is InChI=1S/C14H20Cl2N2/c1-10-5-3-6-11(2)18(10)17-9-12-7-4-8-13(15)14(12)16/h4,7-8,10-11,17H,3,5-6,9H2,1-2H3. The monoisotopic (exact) mass is 286 g/mol. The molecule has 1 aromatic carbocycles. The predicted molar refractivity (Wildman–Crippen MR) is 77.9 cm³/mol. The Bertz CT molecular complexity index is 399. The van der Waals surface area contributed by atoms with E-state index in [2.05, 4.69) is 24.3 Å². The molecule has 0 saturated carbocycles. The Morgan fingerprint density at radius 1 is 1.22 bits per heavy atom. The zero-order valence-electron chi connectivity index (χ0n) is 10.9. The number of piperidine rings is 1. The Morgan fingerprint density at radius 2 is 1.89 bits per heavy atom. The molecule has 1 saturated heterocycles. The molecule has 1 aromatic rings. The lowest BCUT2D eigenvalue weighted by molar-refractivity contribution is 0.0436. The highest BCUT2D eigenvalue weighted by Crippen LogP contribution is 2.26. The van der Waals surface area contributed by atoms with E-state index in [0.717, 1.165) is 12.1 Å². The molecule has 0 aliphatic carbocycles. The van der Waals surface area contributed by atoms with Crippen molar-refractivity contribution in [2.75, 3.05) is 0 Å². The molecular formula is C14H20Cl2N2. The quantitative estimate of drug-likeness (QED) is 0.893. The third-order valence-corrected chi connectivity index (χ3v) is 4.54. The molecule has 100 valence electrons. The molecule has 0 aromatic heterocycles. The van der Waals surface area contributed by atoms with Gasteiger partial charge in [0.1, 0.15) is 0 Å². The second-order valence-electron chi connectivity index (χ2n) is 5.08. The van der Waals surface area contributed by atoms with Gasteiger partial charge in [-0.3, -0.25) is 5.43 Å². The molecule has 0 bridgehead atoms. The topological polar surface area (TPSA) is 15.3 Å². The van der Waals surface area contributed by atoms with Gasteiger partial charge in [-0.25, -0.2) is 5.01 Å². The molecule has 0 amide bonds. The Balaban J connectivity index is 2.00. The Kier molecular flexibility index (Phi) is 4.91. The maximum atomic E-state index is 6.19. The van der Waals surface area contributed by atoms with E-state index in [1.807, 2.05) is 18.2 Å². The number of hydrogen-bond acceptors (Lipinski definition) is 2. The maximum Gasteiger partial charge on any atom is 0.0637 e. The number of hydrogen-bond donors (Lipinski definition) is 1. The molecule has 18 heavy (non-hydrogen) atoms. The summed E-state index contributed by atoms with van der Waals surface area (Å²) in [4.78, 5) is 0. The van der Waals surface area contributed by atoms with Crippen LogP contribution in [0.25, 0.3) is 0 Å². The van der Waals surface area contributed by atoms with E-state index in [1.165, 1.54) is 19.3 Å². The van der Waals surface area contributed by atoms with Crippen LogP contribution in [0.5, 0.6) is 0 Å². The lowest BCUT2D eigenvalue weighted by atomic mass is 10.00. The van der Waals surface area contributed by atoms with E-state index in [1.54, 1.807) is 0 Å². The van der Waals surface area contributed by atoms with Crippen molar-refractivity contribution in [1.82, 2.24) is 10.4 Å². The SMILES string of the molecule is CC1CCCC(C)N1NCc1cccc(Cl)c1Cl. The maximum absolute atomic E-state index is 6.19. The van der Waals surface area contributed by atoms with Crippen LogP contribution in [0.4, 0.5) is 0 Å². The first-order valence-corrected chi connectivity index (χ1v) is 7.30. The number of nitrogens with zero attached hydrogens (tertiary/aromatic N) is 1. The first kappa shape index (κ1) is 14.1. The molecule has 2 atom stereocenters. The van der Waals surface area contributed by atoms with Crippen LogP contribution in [0, 0.1) is 0 Å². The molecule has 1 aliphatic rings. The number of rotatable bonds is 3. The van der Waals surface area contributed by atoms with Crippen LogP contribution in [-0.4, -0.2) is 17.1 Å². The van der Waals surface area contributed by atoms with Crippen molar-refractivity contribution in [3.63, 3.8) is 0 Å². The highest BCUT2D eigenvalue weighted by Gasteiger charge is 2.24. The van der Waals surface area contributed by atoms with E-state index in [0.29, 0.717) is 22.1 Å². The van der Waals surface area contributed by atoms with Gasteiger partial charge >= 0.3 is 0 Å².